The molecule has 0 aliphatic carbocycles. The summed E-state index contributed by atoms with van der Waals surface area (Å²) in [7, 11) is 1.61. The summed E-state index contributed by atoms with van der Waals surface area (Å²) < 4.78 is 6.06. The molecule has 0 bridgehead atoms. The van der Waals surface area contributed by atoms with Gasteiger partial charge in [-0.1, -0.05) is 6.08 Å². The van der Waals surface area contributed by atoms with Crippen LogP contribution in [-0.4, -0.2) is 13.0 Å². The number of amides is 1. The van der Waals surface area contributed by atoms with Crippen molar-refractivity contribution in [1.82, 2.24) is 0 Å². The van der Waals surface area contributed by atoms with Crippen LogP contribution in [0.5, 0.6) is 5.75 Å². The number of benzene rings is 1. The number of hydrogen-bond donors (Lipinski definition) is 1. The Hall–Kier alpha value is -1.04. The largest absolute Gasteiger partial charge is 0.497 e. The number of nitrogens with one attached hydrogen (secondary N) is 1. The Labute approximate surface area is 109 Å². The molecule has 1 N–H and O–H groups in total. The van der Waals surface area contributed by atoms with Gasteiger partial charge >= 0.3 is 0 Å². The fourth-order valence-electron chi connectivity index (χ4n) is 1.13. The first-order valence-corrected chi connectivity index (χ1v) is 5.98. The van der Waals surface area contributed by atoms with E-state index in [9.17, 15) is 4.79 Å². The number of methoxy groups -OCH3 is 1. The third kappa shape index (κ3) is 4.22. The number of anilines is 1. The molecule has 0 aliphatic heterocycles. The van der Waals surface area contributed by atoms with Crippen molar-refractivity contribution in [3.05, 3.63) is 33.9 Å². The van der Waals surface area contributed by atoms with Crippen LogP contribution in [-0.2, 0) is 4.79 Å². The Morgan fingerprint density at radius 3 is 2.56 bits per heavy atom. The van der Waals surface area contributed by atoms with Crippen LogP contribution in [0.2, 0.25) is 0 Å². The molecule has 0 spiro atoms. The molecule has 1 aromatic rings. The molecule has 16 heavy (non-hydrogen) atoms. The lowest BCUT2D eigenvalue weighted by atomic mass is 10.3. The molecule has 0 unspecified atom stereocenters. The van der Waals surface area contributed by atoms with Gasteiger partial charge in [0, 0.05) is 5.69 Å². The molecule has 0 atom stereocenters. The molecule has 0 radical (unpaired) electrons. The average molecular weight is 331 g/mol. The standard InChI is InChI=1S/C12H14INO2/c1-3-9(13)8-12(15)14-10-4-6-11(16-2)7-5-10/h3-7H,8H2,1-2H3,(H,14,15)/b9-3-. The molecule has 1 amide bonds. The van der Waals surface area contributed by atoms with Gasteiger partial charge in [0.05, 0.1) is 13.5 Å². The first-order chi connectivity index (χ1) is 7.65. The Kier molecular flexibility index (Phi) is 5.31. The molecule has 0 aliphatic rings. The summed E-state index contributed by atoms with van der Waals surface area (Å²) in [4.78, 5) is 11.5. The number of rotatable bonds is 4. The number of halogens is 1. The molecule has 0 saturated heterocycles. The van der Waals surface area contributed by atoms with Crippen LogP contribution in [0, 0.1) is 0 Å². The quantitative estimate of drug-likeness (QED) is 0.859. The lowest BCUT2D eigenvalue weighted by molar-refractivity contribution is -0.115. The molecule has 3 nitrogen and oxygen atoms in total. The van der Waals surface area contributed by atoms with E-state index in [0.717, 1.165) is 15.0 Å². The minimum atomic E-state index is -0.00679. The highest BCUT2D eigenvalue weighted by atomic mass is 127. The number of hydrogen-bond acceptors (Lipinski definition) is 2. The second kappa shape index (κ2) is 6.52. The van der Waals surface area contributed by atoms with E-state index in [1.54, 1.807) is 7.11 Å². The van der Waals surface area contributed by atoms with Crippen molar-refractivity contribution in [2.24, 2.45) is 0 Å². The second-order valence-electron chi connectivity index (χ2n) is 3.19. The van der Waals surface area contributed by atoms with Crippen LogP contribution in [0.25, 0.3) is 0 Å². The maximum Gasteiger partial charge on any atom is 0.229 e. The van der Waals surface area contributed by atoms with E-state index < -0.39 is 0 Å². The summed E-state index contributed by atoms with van der Waals surface area (Å²) in [6.07, 6.45) is 2.34. The third-order valence-electron chi connectivity index (χ3n) is 2.02. The summed E-state index contributed by atoms with van der Waals surface area (Å²) in [6.45, 7) is 1.92. The van der Waals surface area contributed by atoms with Crippen molar-refractivity contribution < 1.29 is 9.53 Å². The van der Waals surface area contributed by atoms with Crippen molar-refractivity contribution in [3.8, 4) is 5.75 Å². The maximum atomic E-state index is 11.5. The lowest BCUT2D eigenvalue weighted by Crippen LogP contribution is -2.10. The summed E-state index contributed by atoms with van der Waals surface area (Å²) in [5.41, 5.74) is 0.783. The van der Waals surface area contributed by atoms with Gasteiger partial charge in [0.1, 0.15) is 5.75 Å². The monoisotopic (exact) mass is 331 g/mol. The van der Waals surface area contributed by atoms with Gasteiger partial charge in [0.2, 0.25) is 5.91 Å². The summed E-state index contributed by atoms with van der Waals surface area (Å²) >= 11 is 2.16. The molecule has 1 rings (SSSR count). The van der Waals surface area contributed by atoms with Gasteiger partial charge in [-0.15, -0.1) is 0 Å². The van der Waals surface area contributed by atoms with Crippen LogP contribution in [0.15, 0.2) is 33.9 Å². The predicted octanol–water partition coefficient (Wildman–Crippen LogP) is 3.36. The summed E-state index contributed by atoms with van der Waals surface area (Å²) in [5.74, 6) is 0.772. The second-order valence-corrected chi connectivity index (χ2v) is 4.57. The van der Waals surface area contributed by atoms with Gasteiger partial charge in [-0.25, -0.2) is 0 Å². The minimum absolute atomic E-state index is 0.00679. The highest BCUT2D eigenvalue weighted by Gasteiger charge is 2.03. The van der Waals surface area contributed by atoms with E-state index in [4.69, 9.17) is 4.74 Å². The van der Waals surface area contributed by atoms with E-state index in [1.807, 2.05) is 37.3 Å². The van der Waals surface area contributed by atoms with Crippen molar-refractivity contribution in [3.63, 3.8) is 0 Å². The number of carbonyl (C=O) groups is 1. The van der Waals surface area contributed by atoms with Gasteiger partial charge < -0.3 is 10.1 Å². The average Bonchev–Trinajstić information content (AvgIpc) is 2.29. The summed E-state index contributed by atoms with van der Waals surface area (Å²) in [6, 6.07) is 7.27. The molecule has 0 heterocycles. The first-order valence-electron chi connectivity index (χ1n) is 4.90. The zero-order valence-corrected chi connectivity index (χ0v) is 11.4. The molecule has 86 valence electrons. The molecule has 0 aromatic heterocycles. The Morgan fingerprint density at radius 2 is 2.06 bits per heavy atom. The number of ether oxygens (including phenoxy) is 1. The molecule has 4 heteroatoms. The molecular formula is C12H14INO2. The predicted molar refractivity (Wildman–Crippen MR) is 74.0 cm³/mol. The van der Waals surface area contributed by atoms with Crippen molar-refractivity contribution in [2.45, 2.75) is 13.3 Å². The lowest BCUT2D eigenvalue weighted by Gasteiger charge is -2.05. The number of carbonyl (C=O) groups excluding carboxylic acids is 1. The Balaban J connectivity index is 2.56. The van der Waals surface area contributed by atoms with Gasteiger partial charge in [0.25, 0.3) is 0 Å². The zero-order chi connectivity index (χ0) is 12.0. The maximum absolute atomic E-state index is 11.5. The highest BCUT2D eigenvalue weighted by molar-refractivity contribution is 14.1. The minimum Gasteiger partial charge on any atom is -0.497 e. The van der Waals surface area contributed by atoms with Crippen LogP contribution in [0.4, 0.5) is 5.69 Å². The van der Waals surface area contributed by atoms with E-state index in [2.05, 4.69) is 27.9 Å². The highest BCUT2D eigenvalue weighted by Crippen LogP contribution is 2.16. The van der Waals surface area contributed by atoms with Crippen molar-refractivity contribution >= 4 is 34.2 Å². The molecular weight excluding hydrogens is 317 g/mol. The van der Waals surface area contributed by atoms with E-state index >= 15 is 0 Å². The van der Waals surface area contributed by atoms with Gasteiger partial charge in [0.15, 0.2) is 0 Å². The topological polar surface area (TPSA) is 38.3 Å². The summed E-state index contributed by atoms with van der Waals surface area (Å²) in [5, 5.41) is 2.82. The number of allylic oxidation sites excluding steroid dienone is 1. The Morgan fingerprint density at radius 1 is 1.44 bits per heavy atom. The van der Waals surface area contributed by atoms with Crippen molar-refractivity contribution in [2.75, 3.05) is 12.4 Å². The van der Waals surface area contributed by atoms with Crippen molar-refractivity contribution in [1.29, 1.82) is 0 Å². The first kappa shape index (κ1) is 13.0. The van der Waals surface area contributed by atoms with E-state index in [0.29, 0.717) is 6.42 Å². The SMILES string of the molecule is C/C=C(\I)CC(=O)Nc1ccc(OC)cc1. The van der Waals surface area contributed by atoms with Crippen LogP contribution >= 0.6 is 22.6 Å². The van der Waals surface area contributed by atoms with Crippen LogP contribution in [0.3, 0.4) is 0 Å². The third-order valence-corrected chi connectivity index (χ3v) is 3.02. The zero-order valence-electron chi connectivity index (χ0n) is 9.29. The molecule has 0 fully saturated rings. The molecule has 0 saturated carbocycles. The van der Waals surface area contributed by atoms with Crippen LogP contribution in [0.1, 0.15) is 13.3 Å². The fraction of sp³-hybridized carbons (Fsp3) is 0.250. The van der Waals surface area contributed by atoms with Gasteiger partial charge in [-0.3, -0.25) is 4.79 Å². The van der Waals surface area contributed by atoms with Gasteiger partial charge in [-0.05, 0) is 57.4 Å². The normalized spacial score (nSPS) is 11.1. The van der Waals surface area contributed by atoms with Gasteiger partial charge in [-0.2, -0.15) is 0 Å². The smallest absolute Gasteiger partial charge is 0.229 e. The van der Waals surface area contributed by atoms with E-state index in [1.165, 1.54) is 0 Å². The van der Waals surface area contributed by atoms with E-state index in [-0.39, 0.29) is 5.91 Å². The van der Waals surface area contributed by atoms with Crippen LogP contribution < -0.4 is 10.1 Å². The fourth-order valence-corrected chi connectivity index (χ4v) is 1.48. The Bertz CT molecular complexity index is 385. The molecule has 1 aromatic carbocycles.